The molecule has 1 unspecified atom stereocenters. The van der Waals surface area contributed by atoms with Crippen molar-refractivity contribution >= 4 is 0 Å². The molecule has 0 aliphatic carbocycles. The summed E-state index contributed by atoms with van der Waals surface area (Å²) >= 11 is 0. The van der Waals surface area contributed by atoms with Gasteiger partial charge in [-0.15, -0.1) is 6.42 Å². The number of allylic oxidation sites excluding steroid dienone is 2. The Morgan fingerprint density at radius 2 is 2.00 bits per heavy atom. The van der Waals surface area contributed by atoms with Crippen LogP contribution in [-0.2, 0) is 0 Å². The molecule has 10 heavy (non-hydrogen) atoms. The van der Waals surface area contributed by atoms with Gasteiger partial charge in [0.05, 0.1) is 0 Å². The van der Waals surface area contributed by atoms with Gasteiger partial charge in [0, 0.05) is 0 Å². The largest absolute Gasteiger partial charge is 0.115 e. The summed E-state index contributed by atoms with van der Waals surface area (Å²) in [5.74, 6) is 3.87. The van der Waals surface area contributed by atoms with Crippen LogP contribution < -0.4 is 0 Å². The van der Waals surface area contributed by atoms with Crippen LogP contribution >= 0.6 is 0 Å². The van der Waals surface area contributed by atoms with Gasteiger partial charge in [-0.1, -0.05) is 32.8 Å². The van der Waals surface area contributed by atoms with Gasteiger partial charge in [-0.3, -0.25) is 0 Å². The molecule has 0 aliphatic heterocycles. The van der Waals surface area contributed by atoms with Crippen LogP contribution in [0.5, 0.6) is 0 Å². The van der Waals surface area contributed by atoms with E-state index in [1.807, 2.05) is 0 Å². The Morgan fingerprint density at radius 1 is 1.40 bits per heavy atom. The molecular weight excluding hydrogens is 120 g/mol. The van der Waals surface area contributed by atoms with Crippen molar-refractivity contribution in [2.24, 2.45) is 11.8 Å². The Hall–Kier alpha value is -0.700. The highest BCUT2D eigenvalue weighted by Gasteiger charge is 1.99. The number of hydrogen-bond donors (Lipinski definition) is 0. The normalized spacial score (nSPS) is 13.9. The van der Waals surface area contributed by atoms with E-state index < -0.39 is 0 Å². The quantitative estimate of drug-likeness (QED) is 0.523. The van der Waals surface area contributed by atoms with Crippen molar-refractivity contribution in [2.45, 2.75) is 27.2 Å². The summed E-state index contributed by atoms with van der Waals surface area (Å²) < 4.78 is 0. The van der Waals surface area contributed by atoms with E-state index in [-0.39, 0.29) is 0 Å². The van der Waals surface area contributed by atoms with Crippen LogP contribution in [0.2, 0.25) is 0 Å². The molecule has 0 saturated heterocycles. The molecule has 0 nitrogen and oxygen atoms in total. The number of terminal acetylenes is 1. The Morgan fingerprint density at radius 3 is 2.40 bits per heavy atom. The third kappa shape index (κ3) is 5.44. The van der Waals surface area contributed by atoms with Gasteiger partial charge in [0.1, 0.15) is 0 Å². The van der Waals surface area contributed by atoms with Crippen LogP contribution in [0.1, 0.15) is 27.2 Å². The molecule has 0 aromatic heterocycles. The monoisotopic (exact) mass is 136 g/mol. The van der Waals surface area contributed by atoms with Gasteiger partial charge in [-0.2, -0.15) is 0 Å². The summed E-state index contributed by atoms with van der Waals surface area (Å²) in [6, 6.07) is 0. The predicted octanol–water partition coefficient (Wildman–Crippen LogP) is 2.86. The molecule has 0 aromatic rings. The topological polar surface area (TPSA) is 0 Å². The fraction of sp³-hybridized carbons (Fsp3) is 0.600. The minimum atomic E-state index is 0.621. The molecule has 0 amide bonds. The van der Waals surface area contributed by atoms with E-state index in [0.717, 1.165) is 5.92 Å². The van der Waals surface area contributed by atoms with Gasteiger partial charge < -0.3 is 0 Å². The van der Waals surface area contributed by atoms with Gasteiger partial charge in [-0.05, 0) is 24.3 Å². The van der Waals surface area contributed by atoms with E-state index in [0.29, 0.717) is 5.92 Å². The van der Waals surface area contributed by atoms with E-state index in [2.05, 4.69) is 32.8 Å². The van der Waals surface area contributed by atoms with Crippen LogP contribution in [0.4, 0.5) is 0 Å². The highest BCUT2D eigenvalue weighted by atomic mass is 14.0. The minimum Gasteiger partial charge on any atom is -0.115 e. The predicted molar refractivity (Wildman–Crippen MR) is 46.6 cm³/mol. The van der Waals surface area contributed by atoms with Gasteiger partial charge in [0.2, 0.25) is 0 Å². The SMILES string of the molecule is C#CC=CC(C)CC(C)C. The zero-order valence-electron chi connectivity index (χ0n) is 7.09. The lowest BCUT2D eigenvalue weighted by molar-refractivity contribution is 0.503. The van der Waals surface area contributed by atoms with Crippen molar-refractivity contribution < 1.29 is 0 Å². The van der Waals surface area contributed by atoms with Gasteiger partial charge in [-0.25, -0.2) is 0 Å². The van der Waals surface area contributed by atoms with Gasteiger partial charge in [0.25, 0.3) is 0 Å². The van der Waals surface area contributed by atoms with Crippen LogP contribution in [0.3, 0.4) is 0 Å². The zero-order valence-corrected chi connectivity index (χ0v) is 7.09. The summed E-state index contributed by atoms with van der Waals surface area (Å²) in [5, 5.41) is 0. The maximum Gasteiger partial charge on any atom is -0.0159 e. The molecule has 56 valence electrons. The lowest BCUT2D eigenvalue weighted by Gasteiger charge is -2.07. The summed E-state index contributed by atoms with van der Waals surface area (Å²) in [4.78, 5) is 0. The second-order valence-electron chi connectivity index (χ2n) is 3.13. The Bertz CT molecular complexity index is 135. The molecule has 0 rings (SSSR count). The smallest absolute Gasteiger partial charge is 0.0159 e. The van der Waals surface area contributed by atoms with E-state index in [1.165, 1.54) is 6.42 Å². The van der Waals surface area contributed by atoms with Crippen LogP contribution in [0.25, 0.3) is 0 Å². The molecule has 0 saturated carbocycles. The highest BCUT2D eigenvalue weighted by Crippen LogP contribution is 2.11. The van der Waals surface area contributed by atoms with Crippen molar-refractivity contribution in [3.05, 3.63) is 12.2 Å². The first-order chi connectivity index (χ1) is 4.66. The summed E-state index contributed by atoms with van der Waals surface area (Å²) in [6.07, 6.45) is 10.2. The molecule has 0 heteroatoms. The molecule has 0 aromatic carbocycles. The number of rotatable bonds is 3. The summed E-state index contributed by atoms with van der Waals surface area (Å²) in [6.45, 7) is 6.63. The van der Waals surface area contributed by atoms with Crippen molar-refractivity contribution in [2.75, 3.05) is 0 Å². The van der Waals surface area contributed by atoms with Crippen LogP contribution in [-0.4, -0.2) is 0 Å². The minimum absolute atomic E-state index is 0.621. The standard InChI is InChI=1S/C10H16/c1-5-6-7-10(4)8-9(2)3/h1,6-7,9-10H,8H2,2-4H3. The number of hydrogen-bond acceptors (Lipinski definition) is 0. The molecule has 0 bridgehead atoms. The lowest BCUT2D eigenvalue weighted by Crippen LogP contribution is -1.95. The summed E-state index contributed by atoms with van der Waals surface area (Å²) in [5.41, 5.74) is 0. The molecular formula is C10H16. The van der Waals surface area contributed by atoms with Gasteiger partial charge >= 0.3 is 0 Å². The average molecular weight is 136 g/mol. The Labute approximate surface area is 64.3 Å². The summed E-state index contributed by atoms with van der Waals surface area (Å²) in [7, 11) is 0. The van der Waals surface area contributed by atoms with Crippen LogP contribution in [0.15, 0.2) is 12.2 Å². The second kappa shape index (κ2) is 5.11. The van der Waals surface area contributed by atoms with Gasteiger partial charge in [0.15, 0.2) is 0 Å². The molecule has 0 radical (unpaired) electrons. The first-order valence-electron chi connectivity index (χ1n) is 3.79. The molecule has 0 aliphatic rings. The van der Waals surface area contributed by atoms with E-state index >= 15 is 0 Å². The zero-order chi connectivity index (χ0) is 7.98. The van der Waals surface area contributed by atoms with E-state index in [9.17, 15) is 0 Å². The fourth-order valence-electron chi connectivity index (χ4n) is 1.04. The molecule has 0 heterocycles. The Kier molecular flexibility index (Phi) is 4.76. The molecule has 1 atom stereocenters. The highest BCUT2D eigenvalue weighted by molar-refractivity contribution is 5.09. The van der Waals surface area contributed by atoms with Crippen LogP contribution in [0, 0.1) is 24.2 Å². The maximum absolute atomic E-state index is 5.07. The molecule has 0 spiro atoms. The van der Waals surface area contributed by atoms with Crippen molar-refractivity contribution in [1.82, 2.24) is 0 Å². The van der Waals surface area contributed by atoms with E-state index in [1.54, 1.807) is 6.08 Å². The third-order valence-electron chi connectivity index (χ3n) is 1.36. The molecule has 0 N–H and O–H groups in total. The maximum atomic E-state index is 5.07. The van der Waals surface area contributed by atoms with Crippen molar-refractivity contribution in [3.63, 3.8) is 0 Å². The van der Waals surface area contributed by atoms with Crippen molar-refractivity contribution in [1.29, 1.82) is 0 Å². The second-order valence-corrected chi connectivity index (χ2v) is 3.13. The first kappa shape index (κ1) is 9.30. The molecule has 0 fully saturated rings. The fourth-order valence-corrected chi connectivity index (χ4v) is 1.04. The third-order valence-corrected chi connectivity index (χ3v) is 1.36. The Balaban J connectivity index is 3.55. The lowest BCUT2D eigenvalue weighted by atomic mass is 9.99. The van der Waals surface area contributed by atoms with E-state index in [4.69, 9.17) is 6.42 Å². The first-order valence-corrected chi connectivity index (χ1v) is 3.79. The van der Waals surface area contributed by atoms with Crippen molar-refractivity contribution in [3.8, 4) is 12.3 Å². The average Bonchev–Trinajstić information content (AvgIpc) is 1.82.